The van der Waals surface area contributed by atoms with E-state index in [0.29, 0.717) is 21.7 Å². The molecule has 3 aromatic rings. The van der Waals surface area contributed by atoms with E-state index in [2.05, 4.69) is 9.97 Å². The Morgan fingerprint density at radius 2 is 1.96 bits per heavy atom. The Labute approximate surface area is 149 Å². The van der Waals surface area contributed by atoms with Crippen molar-refractivity contribution in [3.63, 3.8) is 0 Å². The largest absolute Gasteiger partial charge is 0.494 e. The zero-order chi connectivity index (χ0) is 19.1. The summed E-state index contributed by atoms with van der Waals surface area (Å²) in [6, 6.07) is 5.33. The number of fused-ring (bicyclic) bond motifs is 1. The molecule has 0 aliphatic rings. The minimum Gasteiger partial charge on any atom is -0.494 e. The molecule has 2 aromatic heterocycles. The zero-order valence-corrected chi connectivity index (χ0v) is 14.2. The summed E-state index contributed by atoms with van der Waals surface area (Å²) in [5.74, 6) is -0.468. The maximum absolute atomic E-state index is 13.0. The minimum atomic E-state index is -4.58. The molecule has 0 atom stereocenters. The van der Waals surface area contributed by atoms with Crippen molar-refractivity contribution in [1.82, 2.24) is 9.97 Å². The highest BCUT2D eigenvalue weighted by atomic mass is 32.1. The first-order valence-corrected chi connectivity index (χ1v) is 8.12. The van der Waals surface area contributed by atoms with Gasteiger partial charge in [0.25, 0.3) is 5.91 Å². The van der Waals surface area contributed by atoms with Crippen molar-refractivity contribution in [2.75, 3.05) is 7.11 Å². The highest BCUT2D eigenvalue weighted by Gasteiger charge is 2.33. The second-order valence-electron chi connectivity index (χ2n) is 5.27. The van der Waals surface area contributed by atoms with Crippen molar-refractivity contribution in [1.29, 1.82) is 0 Å². The Morgan fingerprint density at radius 3 is 2.50 bits per heavy atom. The van der Waals surface area contributed by atoms with Crippen LogP contribution in [0.3, 0.4) is 0 Å². The summed E-state index contributed by atoms with van der Waals surface area (Å²) in [6.45, 7) is 0.0132. The van der Waals surface area contributed by atoms with E-state index < -0.39 is 17.8 Å². The van der Waals surface area contributed by atoms with Gasteiger partial charge < -0.3 is 16.2 Å². The fourth-order valence-corrected chi connectivity index (χ4v) is 3.48. The molecule has 0 radical (unpaired) electrons. The molecule has 0 aliphatic heterocycles. The number of halogens is 3. The molecular formula is C16H13F3N4O2S. The molecule has 0 fully saturated rings. The smallest absolute Gasteiger partial charge is 0.433 e. The number of primary amides is 1. The molecule has 0 aliphatic carbocycles. The van der Waals surface area contributed by atoms with Crippen LogP contribution in [0.15, 0.2) is 24.3 Å². The van der Waals surface area contributed by atoms with E-state index in [0.717, 1.165) is 17.4 Å². The second-order valence-corrected chi connectivity index (χ2v) is 6.27. The number of alkyl halides is 3. The molecule has 0 saturated carbocycles. The van der Waals surface area contributed by atoms with Crippen LogP contribution in [0.4, 0.5) is 13.2 Å². The third kappa shape index (κ3) is 3.08. The average molecular weight is 382 g/mol. The van der Waals surface area contributed by atoms with Crippen molar-refractivity contribution in [3.05, 3.63) is 40.5 Å². The Kier molecular flexibility index (Phi) is 4.55. The molecule has 6 nitrogen and oxygen atoms in total. The molecule has 10 heteroatoms. The Hall–Kier alpha value is -2.72. The van der Waals surface area contributed by atoms with Gasteiger partial charge in [0, 0.05) is 17.5 Å². The lowest BCUT2D eigenvalue weighted by atomic mass is 10.1. The molecule has 2 heterocycles. The number of rotatable bonds is 4. The number of nitrogens with two attached hydrogens (primary N) is 2. The van der Waals surface area contributed by atoms with Crippen molar-refractivity contribution in [2.24, 2.45) is 11.5 Å². The first kappa shape index (κ1) is 18.1. The van der Waals surface area contributed by atoms with Crippen molar-refractivity contribution < 1.29 is 22.7 Å². The summed E-state index contributed by atoms with van der Waals surface area (Å²) in [6.07, 6.45) is -4.58. The molecular weight excluding hydrogens is 369 g/mol. The van der Waals surface area contributed by atoms with Crippen LogP contribution in [0.2, 0.25) is 0 Å². The molecule has 1 amide bonds. The van der Waals surface area contributed by atoms with E-state index in [-0.39, 0.29) is 22.7 Å². The molecule has 0 saturated heterocycles. The summed E-state index contributed by atoms with van der Waals surface area (Å²) in [7, 11) is 1.34. The molecule has 1 aromatic carbocycles. The van der Waals surface area contributed by atoms with Crippen LogP contribution in [0.1, 0.15) is 21.1 Å². The SMILES string of the molecule is COc1ccc(-c2nc(CN)c(C(N)=O)s2)c2ccc(C(F)(F)F)nc12. The van der Waals surface area contributed by atoms with Gasteiger partial charge in [-0.2, -0.15) is 13.2 Å². The monoisotopic (exact) mass is 382 g/mol. The lowest BCUT2D eigenvalue weighted by molar-refractivity contribution is -0.140. The Bertz CT molecular complexity index is 1000. The van der Waals surface area contributed by atoms with Crippen LogP contribution in [-0.2, 0) is 12.7 Å². The molecule has 0 bridgehead atoms. The first-order chi connectivity index (χ1) is 12.3. The van der Waals surface area contributed by atoms with Gasteiger partial charge in [0.1, 0.15) is 26.8 Å². The van der Waals surface area contributed by atoms with Gasteiger partial charge in [0.2, 0.25) is 0 Å². The van der Waals surface area contributed by atoms with Gasteiger partial charge in [-0.05, 0) is 24.3 Å². The third-order valence-corrected chi connectivity index (χ3v) is 4.82. The van der Waals surface area contributed by atoms with Gasteiger partial charge in [0.15, 0.2) is 0 Å². The number of nitrogens with zero attached hydrogens (tertiary/aromatic N) is 2. The molecule has 136 valence electrons. The zero-order valence-electron chi connectivity index (χ0n) is 13.4. The van der Waals surface area contributed by atoms with Crippen LogP contribution < -0.4 is 16.2 Å². The fraction of sp³-hybridized carbons (Fsp3) is 0.188. The summed E-state index contributed by atoms with van der Waals surface area (Å²) in [5, 5.41) is 0.819. The predicted octanol–water partition coefficient (Wildman–Crippen LogP) is 2.94. The quantitative estimate of drug-likeness (QED) is 0.722. The van der Waals surface area contributed by atoms with E-state index in [1.165, 1.54) is 19.2 Å². The van der Waals surface area contributed by atoms with Gasteiger partial charge in [0.05, 0.1) is 12.8 Å². The number of carbonyl (C=O) groups is 1. The van der Waals surface area contributed by atoms with Gasteiger partial charge in [-0.25, -0.2) is 9.97 Å². The summed E-state index contributed by atoms with van der Waals surface area (Å²) < 4.78 is 44.1. The first-order valence-electron chi connectivity index (χ1n) is 7.31. The number of thiazole rings is 1. The Balaban J connectivity index is 2.26. The van der Waals surface area contributed by atoms with E-state index >= 15 is 0 Å². The van der Waals surface area contributed by atoms with Crippen LogP contribution in [0, 0.1) is 0 Å². The van der Waals surface area contributed by atoms with E-state index in [1.807, 2.05) is 0 Å². The molecule has 0 spiro atoms. The van der Waals surface area contributed by atoms with Gasteiger partial charge >= 0.3 is 6.18 Å². The number of aromatic nitrogens is 2. The number of carbonyl (C=O) groups excluding carboxylic acids is 1. The minimum absolute atomic E-state index is 0.0132. The van der Waals surface area contributed by atoms with Gasteiger partial charge in [-0.3, -0.25) is 4.79 Å². The molecule has 26 heavy (non-hydrogen) atoms. The summed E-state index contributed by atoms with van der Waals surface area (Å²) in [4.78, 5) is 19.7. The lowest BCUT2D eigenvalue weighted by Gasteiger charge is -2.11. The maximum Gasteiger partial charge on any atom is 0.433 e. The summed E-state index contributed by atoms with van der Waals surface area (Å²) in [5.41, 5.74) is 10.8. The molecule has 4 N–H and O–H groups in total. The van der Waals surface area contributed by atoms with Crippen LogP contribution in [0.25, 0.3) is 21.5 Å². The van der Waals surface area contributed by atoms with E-state index in [1.54, 1.807) is 6.07 Å². The van der Waals surface area contributed by atoms with E-state index in [4.69, 9.17) is 16.2 Å². The normalized spacial score (nSPS) is 11.7. The number of hydrogen-bond acceptors (Lipinski definition) is 6. The van der Waals surface area contributed by atoms with Crippen LogP contribution in [-0.4, -0.2) is 23.0 Å². The van der Waals surface area contributed by atoms with Crippen LogP contribution >= 0.6 is 11.3 Å². The number of methoxy groups -OCH3 is 1. The molecule has 3 rings (SSSR count). The van der Waals surface area contributed by atoms with E-state index in [9.17, 15) is 18.0 Å². The van der Waals surface area contributed by atoms with Gasteiger partial charge in [-0.15, -0.1) is 11.3 Å². The number of benzene rings is 1. The lowest BCUT2D eigenvalue weighted by Crippen LogP contribution is -2.13. The molecule has 0 unspecified atom stereocenters. The highest BCUT2D eigenvalue weighted by molar-refractivity contribution is 7.17. The fourth-order valence-electron chi connectivity index (χ4n) is 2.50. The van der Waals surface area contributed by atoms with Crippen molar-refractivity contribution in [2.45, 2.75) is 12.7 Å². The predicted molar refractivity (Wildman–Crippen MR) is 90.8 cm³/mol. The number of amides is 1. The average Bonchev–Trinajstić information content (AvgIpc) is 3.04. The van der Waals surface area contributed by atoms with Crippen LogP contribution in [0.5, 0.6) is 5.75 Å². The van der Waals surface area contributed by atoms with Crippen molar-refractivity contribution >= 4 is 28.1 Å². The third-order valence-electron chi connectivity index (χ3n) is 3.68. The topological polar surface area (TPSA) is 104 Å². The number of hydrogen-bond donors (Lipinski definition) is 2. The number of pyridine rings is 1. The highest BCUT2D eigenvalue weighted by Crippen LogP contribution is 2.38. The Morgan fingerprint density at radius 1 is 1.23 bits per heavy atom. The van der Waals surface area contributed by atoms with Crippen molar-refractivity contribution in [3.8, 4) is 16.3 Å². The second kappa shape index (κ2) is 6.54. The standard InChI is InChI=1S/C16H13F3N4O2S/c1-25-10-4-2-8(15-22-9(6-20)13(26-15)14(21)24)7-3-5-11(16(17,18)19)23-12(7)10/h2-5H,6,20H2,1H3,(H2,21,24). The maximum atomic E-state index is 13.0. The number of ether oxygens (including phenoxy) is 1. The summed E-state index contributed by atoms with van der Waals surface area (Å²) >= 11 is 1.03. The van der Waals surface area contributed by atoms with Gasteiger partial charge in [-0.1, -0.05) is 0 Å².